The number of ether oxygens (including phenoxy) is 2. The van der Waals surface area contributed by atoms with Gasteiger partial charge in [-0.25, -0.2) is 0 Å². The highest BCUT2D eigenvalue weighted by atomic mass is 19.4. The second-order valence-electron chi connectivity index (χ2n) is 4.60. The zero-order chi connectivity index (χ0) is 17.3. The van der Waals surface area contributed by atoms with Crippen molar-refractivity contribution in [2.24, 2.45) is 0 Å². The quantitative estimate of drug-likeness (QED) is 0.693. The summed E-state index contributed by atoms with van der Waals surface area (Å²) in [6.07, 6.45) is -10.1. The molecule has 0 heterocycles. The fourth-order valence-corrected chi connectivity index (χ4v) is 2.01. The summed E-state index contributed by atoms with van der Waals surface area (Å²) in [5.41, 5.74) is 1.26. The van der Waals surface area contributed by atoms with Crippen molar-refractivity contribution in [3.8, 4) is 22.6 Å². The molecule has 0 atom stereocenters. The predicted molar refractivity (Wildman–Crippen MR) is 70.0 cm³/mol. The van der Waals surface area contributed by atoms with Gasteiger partial charge in [-0.05, 0) is 35.7 Å². The third-order valence-corrected chi connectivity index (χ3v) is 2.80. The Hall–Kier alpha value is -2.38. The fourth-order valence-electron chi connectivity index (χ4n) is 2.01. The summed E-state index contributed by atoms with van der Waals surface area (Å²) >= 11 is 0. The Labute approximate surface area is 127 Å². The third kappa shape index (κ3) is 5.08. The first-order valence-electron chi connectivity index (χ1n) is 6.26. The maximum absolute atomic E-state index is 12.3. The molecule has 0 amide bonds. The first-order valence-corrected chi connectivity index (χ1v) is 6.26. The van der Waals surface area contributed by atoms with Crippen LogP contribution in [0.2, 0.25) is 0 Å². The lowest BCUT2D eigenvalue weighted by Gasteiger charge is -2.15. The average molecular weight is 336 g/mol. The molecule has 0 aliphatic heterocycles. The lowest BCUT2D eigenvalue weighted by molar-refractivity contribution is -0.276. The standard InChI is InChI=1S/C15H10F6O2/c1-9-4-2-3-5-13(9)10-6-11(22-14(16,17)18)8-12(7-10)23-15(19,20)21/h2-8H,1H3. The number of hydrogen-bond acceptors (Lipinski definition) is 2. The zero-order valence-corrected chi connectivity index (χ0v) is 11.6. The summed E-state index contributed by atoms with van der Waals surface area (Å²) in [4.78, 5) is 0. The lowest BCUT2D eigenvalue weighted by Crippen LogP contribution is -2.19. The Bertz CT molecular complexity index is 657. The van der Waals surface area contributed by atoms with Crippen molar-refractivity contribution in [1.82, 2.24) is 0 Å². The average Bonchev–Trinajstić information content (AvgIpc) is 2.34. The van der Waals surface area contributed by atoms with Crippen LogP contribution in [0.4, 0.5) is 26.3 Å². The van der Waals surface area contributed by atoms with Gasteiger partial charge in [-0.15, -0.1) is 26.3 Å². The van der Waals surface area contributed by atoms with E-state index >= 15 is 0 Å². The van der Waals surface area contributed by atoms with Gasteiger partial charge >= 0.3 is 12.7 Å². The van der Waals surface area contributed by atoms with Crippen LogP contribution in [0, 0.1) is 6.92 Å². The van der Waals surface area contributed by atoms with Crippen molar-refractivity contribution in [1.29, 1.82) is 0 Å². The van der Waals surface area contributed by atoms with Crippen molar-refractivity contribution < 1.29 is 35.8 Å². The molecule has 0 N–H and O–H groups in total. The molecule has 0 radical (unpaired) electrons. The van der Waals surface area contributed by atoms with E-state index in [0.717, 1.165) is 12.1 Å². The van der Waals surface area contributed by atoms with Crippen molar-refractivity contribution >= 4 is 0 Å². The zero-order valence-electron chi connectivity index (χ0n) is 11.6. The van der Waals surface area contributed by atoms with Crippen molar-refractivity contribution in [2.75, 3.05) is 0 Å². The molecule has 0 aromatic heterocycles. The van der Waals surface area contributed by atoms with Crippen LogP contribution in [0.15, 0.2) is 42.5 Å². The molecule has 124 valence electrons. The van der Waals surface area contributed by atoms with Gasteiger partial charge in [0.2, 0.25) is 0 Å². The molecule has 8 heteroatoms. The molecule has 0 saturated carbocycles. The molecule has 0 spiro atoms. The van der Waals surface area contributed by atoms with Crippen LogP contribution in [-0.2, 0) is 0 Å². The van der Waals surface area contributed by atoms with Crippen LogP contribution in [0.1, 0.15) is 5.56 Å². The van der Waals surface area contributed by atoms with E-state index in [-0.39, 0.29) is 5.56 Å². The van der Waals surface area contributed by atoms with Gasteiger partial charge in [0.25, 0.3) is 0 Å². The molecule has 2 nitrogen and oxygen atoms in total. The summed E-state index contributed by atoms with van der Waals surface area (Å²) in [6, 6.07) is 9.09. The van der Waals surface area contributed by atoms with Crippen LogP contribution in [0.5, 0.6) is 11.5 Å². The minimum Gasteiger partial charge on any atom is -0.406 e. The third-order valence-electron chi connectivity index (χ3n) is 2.80. The smallest absolute Gasteiger partial charge is 0.406 e. The molecule has 0 aliphatic rings. The number of halogens is 6. The fraction of sp³-hybridized carbons (Fsp3) is 0.200. The van der Waals surface area contributed by atoms with Crippen LogP contribution in [0.3, 0.4) is 0 Å². The highest BCUT2D eigenvalue weighted by Crippen LogP contribution is 2.35. The van der Waals surface area contributed by atoms with Gasteiger partial charge in [-0.2, -0.15) is 0 Å². The van der Waals surface area contributed by atoms with E-state index in [1.54, 1.807) is 31.2 Å². The van der Waals surface area contributed by atoms with Crippen molar-refractivity contribution in [3.63, 3.8) is 0 Å². The van der Waals surface area contributed by atoms with Crippen molar-refractivity contribution in [3.05, 3.63) is 48.0 Å². The Morgan fingerprint density at radius 2 is 1.22 bits per heavy atom. The van der Waals surface area contributed by atoms with Crippen LogP contribution >= 0.6 is 0 Å². The van der Waals surface area contributed by atoms with Gasteiger partial charge < -0.3 is 9.47 Å². The Morgan fingerprint density at radius 3 is 1.65 bits per heavy atom. The molecule has 2 aromatic carbocycles. The van der Waals surface area contributed by atoms with Gasteiger partial charge in [0.15, 0.2) is 0 Å². The van der Waals surface area contributed by atoms with Crippen LogP contribution in [0.25, 0.3) is 11.1 Å². The lowest BCUT2D eigenvalue weighted by atomic mass is 10.0. The molecule has 0 fully saturated rings. The maximum atomic E-state index is 12.3. The molecular formula is C15H10F6O2. The van der Waals surface area contributed by atoms with Gasteiger partial charge in [0.1, 0.15) is 11.5 Å². The second-order valence-corrected chi connectivity index (χ2v) is 4.60. The van der Waals surface area contributed by atoms with E-state index in [4.69, 9.17) is 0 Å². The highest BCUT2D eigenvalue weighted by Gasteiger charge is 2.34. The Balaban J connectivity index is 2.51. The molecule has 2 rings (SSSR count). The molecule has 0 bridgehead atoms. The number of hydrogen-bond donors (Lipinski definition) is 0. The topological polar surface area (TPSA) is 18.5 Å². The normalized spacial score (nSPS) is 12.1. The van der Waals surface area contributed by atoms with E-state index in [1.165, 1.54) is 0 Å². The second kappa shape index (κ2) is 6.02. The maximum Gasteiger partial charge on any atom is 0.573 e. The summed E-state index contributed by atoms with van der Waals surface area (Å²) < 4.78 is 81.5. The monoisotopic (exact) mass is 336 g/mol. The van der Waals surface area contributed by atoms with Gasteiger partial charge in [-0.1, -0.05) is 24.3 Å². The minimum atomic E-state index is -5.03. The Morgan fingerprint density at radius 1 is 0.739 bits per heavy atom. The van der Waals surface area contributed by atoms with E-state index in [0.29, 0.717) is 17.2 Å². The summed E-state index contributed by atoms with van der Waals surface area (Å²) in [5, 5.41) is 0. The first-order chi connectivity index (χ1) is 10.5. The number of aryl methyl sites for hydroxylation is 1. The van der Waals surface area contributed by atoms with Crippen LogP contribution < -0.4 is 9.47 Å². The number of benzene rings is 2. The molecular weight excluding hydrogens is 326 g/mol. The Kier molecular flexibility index (Phi) is 4.44. The predicted octanol–water partition coefficient (Wildman–Crippen LogP) is 5.46. The summed E-state index contributed by atoms with van der Waals surface area (Å²) in [6.45, 7) is 1.68. The molecule has 0 saturated heterocycles. The number of alkyl halides is 6. The van der Waals surface area contributed by atoms with E-state index in [2.05, 4.69) is 9.47 Å². The van der Waals surface area contributed by atoms with E-state index in [1.807, 2.05) is 0 Å². The van der Waals surface area contributed by atoms with Gasteiger partial charge in [0, 0.05) is 6.07 Å². The van der Waals surface area contributed by atoms with Crippen LogP contribution in [-0.4, -0.2) is 12.7 Å². The molecule has 2 aromatic rings. The molecule has 0 aliphatic carbocycles. The molecule has 0 unspecified atom stereocenters. The summed E-state index contributed by atoms with van der Waals surface area (Å²) in [7, 11) is 0. The SMILES string of the molecule is Cc1ccccc1-c1cc(OC(F)(F)F)cc(OC(F)(F)F)c1. The summed E-state index contributed by atoms with van der Waals surface area (Å²) in [5.74, 6) is -1.59. The van der Waals surface area contributed by atoms with Gasteiger partial charge in [0.05, 0.1) is 0 Å². The number of rotatable bonds is 3. The highest BCUT2D eigenvalue weighted by molar-refractivity contribution is 5.70. The van der Waals surface area contributed by atoms with Crippen molar-refractivity contribution in [2.45, 2.75) is 19.6 Å². The van der Waals surface area contributed by atoms with E-state index < -0.39 is 24.2 Å². The molecule has 23 heavy (non-hydrogen) atoms. The largest absolute Gasteiger partial charge is 0.573 e. The van der Waals surface area contributed by atoms with E-state index in [9.17, 15) is 26.3 Å². The first kappa shape index (κ1) is 17.0. The minimum absolute atomic E-state index is 0.115. The van der Waals surface area contributed by atoms with Gasteiger partial charge in [-0.3, -0.25) is 0 Å².